The Bertz CT molecular complexity index is 2130. The molecule has 2 aromatic heterocycles. The molecule has 3 aliphatic rings. The summed E-state index contributed by atoms with van der Waals surface area (Å²) in [6.07, 6.45) is 0. The van der Waals surface area contributed by atoms with Gasteiger partial charge in [0.2, 0.25) is 0 Å². The van der Waals surface area contributed by atoms with Crippen LogP contribution < -0.4 is 14.2 Å². The first-order valence-electron chi connectivity index (χ1n) is 17.6. The minimum atomic E-state index is -0.232. The molecule has 2 unspecified atom stereocenters. The number of halogens is 2. The van der Waals surface area contributed by atoms with Crippen molar-refractivity contribution in [3.63, 3.8) is 0 Å². The zero-order valence-corrected chi connectivity index (χ0v) is 29.1. The average molecular weight is 721 g/mol. The molecular formula is C38H38F2N10O3. The van der Waals surface area contributed by atoms with Gasteiger partial charge in [-0.3, -0.25) is 9.80 Å². The topological polar surface area (TPSA) is 121 Å². The van der Waals surface area contributed by atoms with Gasteiger partial charge in [0.15, 0.2) is 23.1 Å². The maximum Gasteiger partial charge on any atom is 0.173 e. The highest BCUT2D eigenvalue weighted by Gasteiger charge is 2.34. The average Bonchev–Trinajstić information content (AvgIpc) is 3.88. The molecule has 0 saturated carbocycles. The summed E-state index contributed by atoms with van der Waals surface area (Å²) in [6.45, 7) is 8.12. The number of rotatable bonds is 8. The zero-order valence-electron chi connectivity index (χ0n) is 29.1. The molecule has 53 heavy (non-hydrogen) atoms. The minimum Gasteiger partial charge on any atom is -0.494 e. The molecular weight excluding hydrogens is 682 g/mol. The first-order chi connectivity index (χ1) is 26.0. The number of hydrogen-bond donors (Lipinski definition) is 0. The van der Waals surface area contributed by atoms with Crippen LogP contribution in [-0.2, 0) is 26.2 Å². The summed E-state index contributed by atoms with van der Waals surface area (Å²) < 4.78 is 47.1. The monoisotopic (exact) mass is 720 g/mol. The van der Waals surface area contributed by atoms with Crippen molar-refractivity contribution < 1.29 is 23.0 Å². The lowest BCUT2D eigenvalue weighted by Crippen LogP contribution is -2.39. The van der Waals surface area contributed by atoms with Crippen LogP contribution in [0.3, 0.4) is 0 Å². The molecule has 0 N–H and O–H groups in total. The number of tetrazole rings is 2. The molecule has 13 nitrogen and oxygen atoms in total. The van der Waals surface area contributed by atoms with E-state index in [0.717, 1.165) is 70.8 Å². The van der Waals surface area contributed by atoms with Gasteiger partial charge in [-0.05, 0) is 98.6 Å². The number of ether oxygens (including phenoxy) is 3. The van der Waals surface area contributed by atoms with Crippen LogP contribution in [0.25, 0.3) is 0 Å². The highest BCUT2D eigenvalue weighted by Crippen LogP contribution is 2.38. The molecule has 2 atom stereocenters. The Morgan fingerprint density at radius 1 is 0.623 bits per heavy atom. The van der Waals surface area contributed by atoms with Gasteiger partial charge in [-0.25, -0.2) is 18.1 Å². The van der Waals surface area contributed by atoms with Gasteiger partial charge in [-0.2, -0.15) is 0 Å². The molecule has 6 aromatic rings. The van der Waals surface area contributed by atoms with E-state index in [0.29, 0.717) is 39.5 Å². The van der Waals surface area contributed by atoms with Gasteiger partial charge in [0.1, 0.15) is 30.6 Å². The quantitative estimate of drug-likeness (QED) is 0.211. The summed E-state index contributed by atoms with van der Waals surface area (Å²) in [5, 5.41) is 24.4. The molecule has 0 bridgehead atoms. The second kappa shape index (κ2) is 15.4. The van der Waals surface area contributed by atoms with Crippen LogP contribution >= 0.6 is 0 Å². The maximum atomic E-state index is 13.3. The Morgan fingerprint density at radius 2 is 1.13 bits per heavy atom. The van der Waals surface area contributed by atoms with Crippen LogP contribution in [0.2, 0.25) is 0 Å². The van der Waals surface area contributed by atoms with Gasteiger partial charge in [0, 0.05) is 26.2 Å². The van der Waals surface area contributed by atoms with E-state index in [2.05, 4.69) is 53.0 Å². The fraction of sp³-hybridized carbons (Fsp3) is 0.316. The van der Waals surface area contributed by atoms with Gasteiger partial charge < -0.3 is 14.2 Å². The van der Waals surface area contributed by atoms with Gasteiger partial charge in [-0.15, -0.1) is 10.2 Å². The van der Waals surface area contributed by atoms with Crippen molar-refractivity contribution in [2.24, 2.45) is 0 Å². The van der Waals surface area contributed by atoms with Crippen molar-refractivity contribution in [2.45, 2.75) is 45.2 Å². The number of aromatic nitrogens is 8. The Hall–Kier alpha value is -5.80. The smallest absolute Gasteiger partial charge is 0.173 e. The van der Waals surface area contributed by atoms with Crippen molar-refractivity contribution in [3.8, 4) is 17.2 Å². The largest absolute Gasteiger partial charge is 0.494 e. The zero-order chi connectivity index (χ0) is 36.1. The van der Waals surface area contributed by atoms with E-state index in [9.17, 15) is 8.78 Å². The highest BCUT2D eigenvalue weighted by molar-refractivity contribution is 5.46. The molecule has 4 aromatic carbocycles. The van der Waals surface area contributed by atoms with E-state index in [4.69, 9.17) is 14.2 Å². The van der Waals surface area contributed by atoms with E-state index in [1.54, 1.807) is 0 Å². The van der Waals surface area contributed by atoms with Gasteiger partial charge in [-0.1, -0.05) is 42.5 Å². The molecule has 272 valence electrons. The summed E-state index contributed by atoms with van der Waals surface area (Å²) in [6, 6.07) is 27.1. The van der Waals surface area contributed by atoms with Crippen molar-refractivity contribution in [3.05, 3.63) is 137 Å². The van der Waals surface area contributed by atoms with Gasteiger partial charge >= 0.3 is 0 Å². The summed E-state index contributed by atoms with van der Waals surface area (Å²) >= 11 is 0. The first kappa shape index (κ1) is 34.3. The van der Waals surface area contributed by atoms with E-state index in [1.165, 1.54) is 24.3 Å². The molecule has 0 fully saturated rings. The third-order valence-electron chi connectivity index (χ3n) is 9.52. The Morgan fingerprint density at radius 3 is 1.68 bits per heavy atom. The molecule has 5 heterocycles. The molecule has 0 spiro atoms. The predicted octanol–water partition coefficient (Wildman–Crippen LogP) is 5.00. The molecule has 15 heteroatoms. The van der Waals surface area contributed by atoms with Crippen LogP contribution in [-0.4, -0.2) is 83.1 Å². The van der Waals surface area contributed by atoms with Gasteiger partial charge in [0.05, 0.1) is 31.8 Å². The molecule has 3 aliphatic heterocycles. The third kappa shape index (κ3) is 7.57. The summed E-state index contributed by atoms with van der Waals surface area (Å²) in [7, 11) is 0. The summed E-state index contributed by atoms with van der Waals surface area (Å²) in [5.41, 5.74) is 4.24. The number of hydrogen-bond acceptors (Lipinski definition) is 11. The Labute approximate surface area is 304 Å². The van der Waals surface area contributed by atoms with Crippen LogP contribution in [0, 0.1) is 11.6 Å². The van der Waals surface area contributed by atoms with Crippen molar-refractivity contribution in [2.75, 3.05) is 32.9 Å². The first-order valence-corrected chi connectivity index (χ1v) is 17.6. The number of nitrogens with zero attached hydrogens (tertiary/aromatic N) is 10. The molecule has 9 rings (SSSR count). The van der Waals surface area contributed by atoms with Crippen molar-refractivity contribution in [1.82, 2.24) is 50.2 Å². The lowest BCUT2D eigenvalue weighted by molar-refractivity contribution is 0.159. The lowest BCUT2D eigenvalue weighted by atomic mass is 10.0. The molecule has 0 radical (unpaired) electrons. The second-order valence-electron chi connectivity index (χ2n) is 12.9. The van der Waals surface area contributed by atoms with Gasteiger partial charge in [0.25, 0.3) is 0 Å². The predicted molar refractivity (Wildman–Crippen MR) is 188 cm³/mol. The molecule has 0 aliphatic carbocycles. The number of fused-ring (bicyclic) bond motifs is 3. The summed E-state index contributed by atoms with van der Waals surface area (Å²) in [5.74, 6) is 3.50. The highest BCUT2D eigenvalue weighted by atomic mass is 19.1. The Kier molecular flexibility index (Phi) is 9.99. The lowest BCUT2D eigenvalue weighted by Gasteiger charge is -2.35. The normalized spacial score (nSPS) is 18.0. The third-order valence-corrected chi connectivity index (χ3v) is 9.52. The van der Waals surface area contributed by atoms with Crippen LogP contribution in [0.4, 0.5) is 8.78 Å². The van der Waals surface area contributed by atoms with E-state index in [1.807, 2.05) is 70.9 Å². The number of benzene rings is 4. The van der Waals surface area contributed by atoms with Crippen LogP contribution in [0.5, 0.6) is 17.2 Å². The summed E-state index contributed by atoms with van der Waals surface area (Å²) in [4.78, 5) is 4.61. The fourth-order valence-electron chi connectivity index (χ4n) is 7.02. The molecule has 0 amide bonds. The van der Waals surface area contributed by atoms with Crippen molar-refractivity contribution in [1.29, 1.82) is 0 Å². The minimum absolute atomic E-state index is 0.0560. The van der Waals surface area contributed by atoms with Crippen molar-refractivity contribution >= 4 is 0 Å². The SMILES string of the molecule is CCOc1ccc(C2c3nnnn3CCN2Cc2ccc(F)cc2)cc1.Fc1ccc(CN2CCn3nnnc3C2c2ccc3c(c2)OCCO3)cc1. The van der Waals surface area contributed by atoms with E-state index < -0.39 is 0 Å². The van der Waals surface area contributed by atoms with Crippen LogP contribution in [0.1, 0.15) is 52.9 Å². The Balaban J connectivity index is 0.000000151. The standard InChI is InChI=1S/C19H18FN5O2.C19H20FN5O/c20-15-4-1-13(2-5-15)12-24-7-8-25-19(21-22-23-25)18(24)14-3-6-16-17(11-14)27-10-9-26-16;1-2-26-17-9-5-15(6-10-17)18-19-21-22-23-25(19)12-11-24(18)13-14-3-7-16(20)8-4-14/h1-6,11,18H,7-10,12H2;3-10,18H,2,11-13H2,1H3. The maximum absolute atomic E-state index is 13.3. The van der Waals surface area contributed by atoms with E-state index >= 15 is 0 Å². The molecule has 0 saturated heterocycles. The van der Waals surface area contributed by atoms with Crippen LogP contribution in [0.15, 0.2) is 91.0 Å². The fourth-order valence-corrected chi connectivity index (χ4v) is 7.02. The second-order valence-corrected chi connectivity index (χ2v) is 12.9. The van der Waals surface area contributed by atoms with E-state index in [-0.39, 0.29) is 23.7 Å².